The fraction of sp³-hybridized carbons (Fsp3) is 0. The molecule has 0 unspecified atom stereocenters. The number of halogens is 2. The zero-order valence-corrected chi connectivity index (χ0v) is 9.37. The lowest BCUT2D eigenvalue weighted by Crippen LogP contribution is -1.97. The van der Waals surface area contributed by atoms with Gasteiger partial charge in [0.1, 0.15) is 11.9 Å². The molecule has 0 radical (unpaired) electrons. The smallest absolute Gasteiger partial charge is 0.163 e. The van der Waals surface area contributed by atoms with Crippen LogP contribution in [0.15, 0.2) is 36.5 Å². The van der Waals surface area contributed by atoms with Gasteiger partial charge < -0.3 is 5.32 Å². The molecule has 0 amide bonds. The second kappa shape index (κ2) is 4.81. The van der Waals surface area contributed by atoms with E-state index < -0.39 is 5.82 Å². The van der Waals surface area contributed by atoms with E-state index in [2.05, 4.69) is 10.3 Å². The van der Waals surface area contributed by atoms with Gasteiger partial charge in [0.2, 0.25) is 0 Å². The number of nitrogens with one attached hydrogen (secondary N) is 1. The standard InChI is InChI=1S/C12H7ClFN3/c13-8-3-4-9(14)11(6-8)17-10-2-1-5-16-12(10)7-15/h1-6,17H. The molecule has 17 heavy (non-hydrogen) atoms. The van der Waals surface area contributed by atoms with Gasteiger partial charge >= 0.3 is 0 Å². The van der Waals surface area contributed by atoms with Crippen LogP contribution in [0.4, 0.5) is 15.8 Å². The van der Waals surface area contributed by atoms with Crippen molar-refractivity contribution in [3.8, 4) is 6.07 Å². The average molecular weight is 248 g/mol. The van der Waals surface area contributed by atoms with E-state index in [1.54, 1.807) is 12.1 Å². The summed E-state index contributed by atoms with van der Waals surface area (Å²) in [6.07, 6.45) is 1.50. The predicted molar refractivity (Wildman–Crippen MR) is 63.6 cm³/mol. The van der Waals surface area contributed by atoms with Crippen molar-refractivity contribution in [3.63, 3.8) is 0 Å². The molecule has 0 aliphatic heterocycles. The van der Waals surface area contributed by atoms with Crippen molar-refractivity contribution in [3.05, 3.63) is 53.1 Å². The number of benzene rings is 1. The molecule has 0 spiro atoms. The molecule has 2 aromatic rings. The normalized spacial score (nSPS) is 9.71. The van der Waals surface area contributed by atoms with Gasteiger partial charge in [-0.15, -0.1) is 0 Å². The summed E-state index contributed by atoms with van der Waals surface area (Å²) >= 11 is 5.77. The van der Waals surface area contributed by atoms with E-state index in [1.165, 1.54) is 24.4 Å². The van der Waals surface area contributed by atoms with E-state index in [4.69, 9.17) is 16.9 Å². The molecule has 0 atom stereocenters. The third kappa shape index (κ3) is 2.52. The third-order valence-corrected chi connectivity index (χ3v) is 2.35. The molecule has 0 aliphatic carbocycles. The van der Waals surface area contributed by atoms with Crippen molar-refractivity contribution in [2.45, 2.75) is 0 Å². The summed E-state index contributed by atoms with van der Waals surface area (Å²) in [5.41, 5.74) is 0.852. The molecule has 0 saturated carbocycles. The lowest BCUT2D eigenvalue weighted by molar-refractivity contribution is 0.632. The van der Waals surface area contributed by atoms with Crippen molar-refractivity contribution < 1.29 is 4.39 Å². The Kier molecular flexibility index (Phi) is 3.22. The highest BCUT2D eigenvalue weighted by atomic mass is 35.5. The molecule has 5 heteroatoms. The van der Waals surface area contributed by atoms with Crippen LogP contribution in [0.2, 0.25) is 5.02 Å². The van der Waals surface area contributed by atoms with Crippen LogP contribution in [0.5, 0.6) is 0 Å². The lowest BCUT2D eigenvalue weighted by Gasteiger charge is -2.08. The van der Waals surface area contributed by atoms with Gasteiger partial charge in [0.25, 0.3) is 0 Å². The first-order valence-electron chi connectivity index (χ1n) is 4.78. The topological polar surface area (TPSA) is 48.7 Å². The molecule has 0 aliphatic rings. The number of anilines is 2. The molecular weight excluding hydrogens is 241 g/mol. The van der Waals surface area contributed by atoms with Gasteiger partial charge in [-0.25, -0.2) is 9.37 Å². The molecular formula is C12H7ClFN3. The summed E-state index contributed by atoms with van der Waals surface area (Å²) in [7, 11) is 0. The molecule has 3 nitrogen and oxygen atoms in total. The molecule has 0 saturated heterocycles. The molecule has 0 bridgehead atoms. The Labute approximate surface area is 102 Å². The number of rotatable bonds is 2. The Hall–Kier alpha value is -2.12. The van der Waals surface area contributed by atoms with Crippen LogP contribution in [0.3, 0.4) is 0 Å². The Morgan fingerprint density at radius 2 is 2.12 bits per heavy atom. The van der Waals surface area contributed by atoms with Crippen molar-refractivity contribution in [1.29, 1.82) is 5.26 Å². The highest BCUT2D eigenvalue weighted by Crippen LogP contribution is 2.24. The highest BCUT2D eigenvalue weighted by molar-refractivity contribution is 6.30. The van der Waals surface area contributed by atoms with E-state index in [-0.39, 0.29) is 11.4 Å². The van der Waals surface area contributed by atoms with Gasteiger partial charge in [-0.2, -0.15) is 5.26 Å². The zero-order chi connectivity index (χ0) is 12.3. The van der Waals surface area contributed by atoms with Gasteiger partial charge in [-0.3, -0.25) is 0 Å². The van der Waals surface area contributed by atoms with Crippen LogP contribution in [-0.2, 0) is 0 Å². The number of hydrogen-bond acceptors (Lipinski definition) is 3. The van der Waals surface area contributed by atoms with E-state index in [9.17, 15) is 4.39 Å². The van der Waals surface area contributed by atoms with Gasteiger partial charge in [-0.1, -0.05) is 11.6 Å². The van der Waals surface area contributed by atoms with Crippen LogP contribution in [0.1, 0.15) is 5.69 Å². The van der Waals surface area contributed by atoms with Gasteiger partial charge in [0.15, 0.2) is 5.69 Å². The molecule has 84 valence electrons. The Morgan fingerprint density at radius 3 is 2.88 bits per heavy atom. The SMILES string of the molecule is N#Cc1ncccc1Nc1cc(Cl)ccc1F. The summed E-state index contributed by atoms with van der Waals surface area (Å²) in [6.45, 7) is 0. The van der Waals surface area contributed by atoms with Crippen LogP contribution in [0.25, 0.3) is 0 Å². The monoisotopic (exact) mass is 247 g/mol. The fourth-order valence-electron chi connectivity index (χ4n) is 1.33. The first-order valence-corrected chi connectivity index (χ1v) is 5.15. The van der Waals surface area contributed by atoms with Crippen molar-refractivity contribution in [2.24, 2.45) is 0 Å². The Balaban J connectivity index is 2.38. The number of nitriles is 1. The summed E-state index contributed by atoms with van der Waals surface area (Å²) in [4.78, 5) is 3.87. The van der Waals surface area contributed by atoms with Gasteiger partial charge in [-0.05, 0) is 30.3 Å². The van der Waals surface area contributed by atoms with Crippen LogP contribution < -0.4 is 5.32 Å². The maximum atomic E-state index is 13.5. The number of pyridine rings is 1. The minimum atomic E-state index is -0.442. The Bertz CT molecular complexity index is 593. The minimum absolute atomic E-state index is 0.201. The average Bonchev–Trinajstić information content (AvgIpc) is 2.34. The van der Waals surface area contributed by atoms with Crippen molar-refractivity contribution >= 4 is 23.0 Å². The minimum Gasteiger partial charge on any atom is -0.351 e. The zero-order valence-electron chi connectivity index (χ0n) is 8.61. The maximum absolute atomic E-state index is 13.5. The van der Waals surface area contributed by atoms with Crippen LogP contribution in [0, 0.1) is 17.1 Å². The summed E-state index contributed by atoms with van der Waals surface area (Å²) < 4.78 is 13.5. The summed E-state index contributed by atoms with van der Waals surface area (Å²) in [5, 5.41) is 12.0. The molecule has 1 heterocycles. The van der Waals surface area contributed by atoms with Crippen LogP contribution in [-0.4, -0.2) is 4.98 Å². The number of hydrogen-bond donors (Lipinski definition) is 1. The second-order valence-electron chi connectivity index (χ2n) is 3.26. The third-order valence-electron chi connectivity index (χ3n) is 2.11. The largest absolute Gasteiger partial charge is 0.351 e. The quantitative estimate of drug-likeness (QED) is 0.884. The first-order chi connectivity index (χ1) is 8.20. The summed E-state index contributed by atoms with van der Waals surface area (Å²) in [5.74, 6) is -0.442. The first kappa shape index (κ1) is 11.4. The van der Waals surface area contributed by atoms with Crippen molar-refractivity contribution in [2.75, 3.05) is 5.32 Å². The second-order valence-corrected chi connectivity index (χ2v) is 3.70. The molecule has 1 aromatic heterocycles. The summed E-state index contributed by atoms with van der Waals surface area (Å²) in [6, 6.07) is 9.39. The molecule has 1 N–H and O–H groups in total. The number of nitrogens with zero attached hydrogens (tertiary/aromatic N) is 2. The predicted octanol–water partition coefficient (Wildman–Crippen LogP) is 3.49. The molecule has 0 fully saturated rings. The number of aromatic nitrogens is 1. The van der Waals surface area contributed by atoms with E-state index in [0.717, 1.165) is 0 Å². The van der Waals surface area contributed by atoms with Crippen LogP contribution >= 0.6 is 11.6 Å². The van der Waals surface area contributed by atoms with Gasteiger partial charge in [0, 0.05) is 11.2 Å². The lowest BCUT2D eigenvalue weighted by atomic mass is 10.2. The maximum Gasteiger partial charge on any atom is 0.163 e. The molecule has 2 rings (SSSR count). The van der Waals surface area contributed by atoms with Crippen molar-refractivity contribution in [1.82, 2.24) is 4.98 Å². The van der Waals surface area contributed by atoms with E-state index >= 15 is 0 Å². The van der Waals surface area contributed by atoms with E-state index in [1.807, 2.05) is 6.07 Å². The fourth-order valence-corrected chi connectivity index (χ4v) is 1.51. The van der Waals surface area contributed by atoms with E-state index in [0.29, 0.717) is 10.7 Å². The molecule has 1 aromatic carbocycles. The van der Waals surface area contributed by atoms with Gasteiger partial charge in [0.05, 0.1) is 11.4 Å². The highest BCUT2D eigenvalue weighted by Gasteiger charge is 2.06. The Morgan fingerprint density at radius 1 is 1.29 bits per heavy atom.